The highest BCUT2D eigenvalue weighted by molar-refractivity contribution is 7.16. The molecule has 2 rings (SSSR count). The van der Waals surface area contributed by atoms with Gasteiger partial charge in [-0.25, -0.2) is 4.98 Å². The van der Waals surface area contributed by atoms with E-state index in [1.54, 1.807) is 11.3 Å². The van der Waals surface area contributed by atoms with Gasteiger partial charge in [-0.3, -0.25) is 0 Å². The van der Waals surface area contributed by atoms with Crippen molar-refractivity contribution in [2.24, 2.45) is 5.73 Å². The Hall–Kier alpha value is -0.360. The van der Waals surface area contributed by atoms with Crippen molar-refractivity contribution in [2.45, 2.75) is 6.42 Å². The van der Waals surface area contributed by atoms with Crippen LogP contribution in [0.3, 0.4) is 0 Å². The van der Waals surface area contributed by atoms with Crippen LogP contribution in [0.2, 0.25) is 5.15 Å². The van der Waals surface area contributed by atoms with Crippen molar-refractivity contribution in [3.8, 4) is 0 Å². The van der Waals surface area contributed by atoms with Crippen LogP contribution in [0, 0.1) is 0 Å². The van der Waals surface area contributed by atoms with E-state index in [4.69, 9.17) is 22.1 Å². The van der Waals surface area contributed by atoms with Crippen molar-refractivity contribution in [3.63, 3.8) is 0 Å². The van der Waals surface area contributed by atoms with E-state index in [9.17, 15) is 0 Å². The molecule has 1 aliphatic rings. The van der Waals surface area contributed by atoms with E-state index in [-0.39, 0.29) is 0 Å². The highest BCUT2D eigenvalue weighted by Crippen LogP contribution is 2.30. The lowest BCUT2D eigenvalue weighted by Crippen LogP contribution is -2.36. The van der Waals surface area contributed by atoms with Crippen molar-refractivity contribution in [2.75, 3.05) is 37.7 Å². The molecule has 0 aliphatic carbocycles. The summed E-state index contributed by atoms with van der Waals surface area (Å²) in [5.41, 5.74) is 5.50. The molecular formula is C9H14ClN3OS. The molecule has 0 amide bonds. The Bertz CT molecular complexity index is 325. The minimum atomic E-state index is 0.604. The van der Waals surface area contributed by atoms with Crippen LogP contribution in [0.4, 0.5) is 5.13 Å². The van der Waals surface area contributed by atoms with Gasteiger partial charge in [-0.15, -0.1) is 11.3 Å². The van der Waals surface area contributed by atoms with E-state index < -0.39 is 0 Å². The molecule has 1 fully saturated rings. The zero-order chi connectivity index (χ0) is 10.7. The van der Waals surface area contributed by atoms with Gasteiger partial charge in [0.2, 0.25) is 0 Å². The summed E-state index contributed by atoms with van der Waals surface area (Å²) in [6.45, 7) is 3.94. The van der Waals surface area contributed by atoms with E-state index in [0.29, 0.717) is 11.7 Å². The average Bonchev–Trinajstić information content (AvgIpc) is 2.63. The van der Waals surface area contributed by atoms with E-state index >= 15 is 0 Å². The summed E-state index contributed by atoms with van der Waals surface area (Å²) in [6.07, 6.45) is 0.806. The fraction of sp³-hybridized carbons (Fsp3) is 0.667. The summed E-state index contributed by atoms with van der Waals surface area (Å²) >= 11 is 7.67. The topological polar surface area (TPSA) is 51.4 Å². The third kappa shape index (κ3) is 2.60. The van der Waals surface area contributed by atoms with E-state index in [1.165, 1.54) is 0 Å². The molecule has 0 saturated carbocycles. The van der Waals surface area contributed by atoms with Crippen LogP contribution < -0.4 is 10.6 Å². The molecule has 1 aliphatic heterocycles. The Morgan fingerprint density at radius 1 is 1.47 bits per heavy atom. The molecule has 0 atom stereocenters. The molecule has 15 heavy (non-hydrogen) atoms. The van der Waals surface area contributed by atoms with Crippen molar-refractivity contribution < 1.29 is 4.74 Å². The number of morpholine rings is 1. The number of rotatable bonds is 3. The van der Waals surface area contributed by atoms with Crippen LogP contribution >= 0.6 is 22.9 Å². The molecule has 0 bridgehead atoms. The minimum absolute atomic E-state index is 0.604. The second-order valence-electron chi connectivity index (χ2n) is 3.35. The molecule has 2 heterocycles. The third-order valence-electron chi connectivity index (χ3n) is 2.29. The van der Waals surface area contributed by atoms with Gasteiger partial charge < -0.3 is 15.4 Å². The number of anilines is 1. The Kier molecular flexibility index (Phi) is 3.80. The first-order valence-electron chi connectivity index (χ1n) is 4.99. The van der Waals surface area contributed by atoms with Crippen LogP contribution in [-0.2, 0) is 11.2 Å². The lowest BCUT2D eigenvalue weighted by atomic mass is 10.4. The summed E-state index contributed by atoms with van der Waals surface area (Å²) in [4.78, 5) is 7.64. The van der Waals surface area contributed by atoms with Gasteiger partial charge in [0.15, 0.2) is 5.13 Å². The van der Waals surface area contributed by atoms with Crippen LogP contribution in [0.15, 0.2) is 0 Å². The number of hydrogen-bond donors (Lipinski definition) is 1. The van der Waals surface area contributed by atoms with Gasteiger partial charge in [0.1, 0.15) is 5.15 Å². The van der Waals surface area contributed by atoms with Gasteiger partial charge >= 0.3 is 0 Å². The molecule has 1 aromatic heterocycles. The lowest BCUT2D eigenvalue weighted by Gasteiger charge is -2.25. The smallest absolute Gasteiger partial charge is 0.187 e. The normalized spacial score (nSPS) is 17.1. The number of nitrogens with two attached hydrogens (primary N) is 1. The largest absolute Gasteiger partial charge is 0.378 e. The van der Waals surface area contributed by atoms with Gasteiger partial charge in [0.05, 0.1) is 13.2 Å². The Morgan fingerprint density at radius 2 is 2.20 bits per heavy atom. The second-order valence-corrected chi connectivity index (χ2v) is 4.77. The summed E-state index contributed by atoms with van der Waals surface area (Å²) in [5.74, 6) is 0. The van der Waals surface area contributed by atoms with Gasteiger partial charge in [-0.2, -0.15) is 0 Å². The number of halogens is 1. The lowest BCUT2D eigenvalue weighted by molar-refractivity contribution is 0.122. The van der Waals surface area contributed by atoms with Crippen LogP contribution in [-0.4, -0.2) is 37.8 Å². The van der Waals surface area contributed by atoms with E-state index in [2.05, 4.69) is 9.88 Å². The minimum Gasteiger partial charge on any atom is -0.378 e. The Morgan fingerprint density at radius 3 is 2.87 bits per heavy atom. The van der Waals surface area contributed by atoms with Crippen molar-refractivity contribution >= 4 is 28.1 Å². The molecule has 0 spiro atoms. The fourth-order valence-electron chi connectivity index (χ4n) is 1.50. The summed E-state index contributed by atoms with van der Waals surface area (Å²) in [6, 6.07) is 0. The second kappa shape index (κ2) is 5.12. The first-order chi connectivity index (χ1) is 7.31. The first-order valence-corrected chi connectivity index (χ1v) is 6.18. The van der Waals surface area contributed by atoms with E-state index in [0.717, 1.165) is 42.7 Å². The zero-order valence-electron chi connectivity index (χ0n) is 8.41. The summed E-state index contributed by atoms with van der Waals surface area (Å²) < 4.78 is 5.29. The predicted molar refractivity (Wildman–Crippen MR) is 62.9 cm³/mol. The molecule has 1 saturated heterocycles. The maximum absolute atomic E-state index is 6.03. The zero-order valence-corrected chi connectivity index (χ0v) is 9.98. The van der Waals surface area contributed by atoms with Gasteiger partial charge in [-0.1, -0.05) is 11.6 Å². The summed E-state index contributed by atoms with van der Waals surface area (Å²) in [7, 11) is 0. The molecule has 84 valence electrons. The Balaban J connectivity index is 2.10. The molecule has 2 N–H and O–H groups in total. The predicted octanol–water partition coefficient (Wildman–Crippen LogP) is 1.13. The fourth-order valence-corrected chi connectivity index (χ4v) is 2.86. The molecule has 6 heteroatoms. The Labute approximate surface area is 98.0 Å². The first kappa shape index (κ1) is 11.1. The monoisotopic (exact) mass is 247 g/mol. The standard InChI is InChI=1S/C9H14ClN3OS/c10-8-7(1-2-11)15-9(12-8)13-3-5-14-6-4-13/h1-6,11H2. The van der Waals surface area contributed by atoms with Crippen LogP contribution in [0.1, 0.15) is 4.88 Å². The highest BCUT2D eigenvalue weighted by atomic mass is 35.5. The van der Waals surface area contributed by atoms with Crippen LogP contribution in [0.25, 0.3) is 0 Å². The van der Waals surface area contributed by atoms with Crippen molar-refractivity contribution in [3.05, 3.63) is 10.0 Å². The van der Waals surface area contributed by atoms with Gasteiger partial charge in [-0.05, 0) is 13.0 Å². The van der Waals surface area contributed by atoms with Gasteiger partial charge in [0.25, 0.3) is 0 Å². The SMILES string of the molecule is NCCc1sc(N2CCOCC2)nc1Cl. The number of ether oxygens (including phenoxy) is 1. The number of aromatic nitrogens is 1. The molecule has 0 radical (unpaired) electrons. The molecule has 4 nitrogen and oxygen atoms in total. The average molecular weight is 248 g/mol. The van der Waals surface area contributed by atoms with Gasteiger partial charge in [0, 0.05) is 18.0 Å². The quantitative estimate of drug-likeness (QED) is 0.870. The third-order valence-corrected chi connectivity index (χ3v) is 3.89. The molecule has 0 unspecified atom stereocenters. The number of thiazole rings is 1. The molecular weight excluding hydrogens is 234 g/mol. The molecule has 1 aromatic rings. The maximum Gasteiger partial charge on any atom is 0.187 e. The number of nitrogens with zero attached hydrogens (tertiary/aromatic N) is 2. The number of hydrogen-bond acceptors (Lipinski definition) is 5. The van der Waals surface area contributed by atoms with E-state index in [1.807, 2.05) is 0 Å². The maximum atomic E-state index is 6.03. The van der Waals surface area contributed by atoms with Crippen LogP contribution in [0.5, 0.6) is 0 Å². The van der Waals surface area contributed by atoms with Crippen molar-refractivity contribution in [1.29, 1.82) is 0 Å². The van der Waals surface area contributed by atoms with Crippen molar-refractivity contribution in [1.82, 2.24) is 4.98 Å². The summed E-state index contributed by atoms with van der Waals surface area (Å²) in [5, 5.41) is 1.60. The highest BCUT2D eigenvalue weighted by Gasteiger charge is 2.17. The molecule has 0 aromatic carbocycles.